The summed E-state index contributed by atoms with van der Waals surface area (Å²) in [6.07, 6.45) is 3.03. The first-order valence-electron chi connectivity index (χ1n) is 1.98. The van der Waals surface area contributed by atoms with E-state index in [1.807, 2.05) is 0 Å². The molecule has 0 saturated carbocycles. The van der Waals surface area contributed by atoms with E-state index in [4.69, 9.17) is 0 Å². The van der Waals surface area contributed by atoms with E-state index in [1.54, 1.807) is 0 Å². The third-order valence-corrected chi connectivity index (χ3v) is 0.560. The average molecular weight is 92.1 g/mol. The number of hydrogen-bond donors (Lipinski definition) is 0. The van der Waals surface area contributed by atoms with E-state index >= 15 is 0 Å². The summed E-state index contributed by atoms with van der Waals surface area (Å²) in [5, 5.41) is 0. The van der Waals surface area contributed by atoms with Gasteiger partial charge in [-0.3, -0.25) is 4.99 Å². The standard InChI is InChI=1S/C5H4N2/c1-2-4-7-5-6-3-1/h3,5H,4H2. The van der Waals surface area contributed by atoms with Crippen molar-refractivity contribution in [3.63, 3.8) is 0 Å². The molecule has 2 nitrogen and oxygen atoms in total. The highest BCUT2D eigenvalue weighted by Gasteiger charge is 1.69. The molecular formula is C5H4N2. The molecule has 1 heterocycles. The Morgan fingerprint density at radius 1 is 1.57 bits per heavy atom. The normalized spacial score (nSPS) is 14.9. The van der Waals surface area contributed by atoms with E-state index in [0.717, 1.165) is 0 Å². The fourth-order valence-electron chi connectivity index (χ4n) is 0.295. The van der Waals surface area contributed by atoms with E-state index in [0.29, 0.717) is 6.54 Å². The van der Waals surface area contributed by atoms with Crippen LogP contribution in [-0.4, -0.2) is 19.1 Å². The number of aliphatic imine (C=N–C) groups is 2. The Balaban J connectivity index is 2.68. The van der Waals surface area contributed by atoms with Crippen LogP contribution < -0.4 is 0 Å². The molecule has 0 aliphatic carbocycles. The minimum atomic E-state index is 0.583. The Kier molecular flexibility index (Phi) is 1.24. The SMILES string of the molecule is C1#CCN=CN=C1. The summed E-state index contributed by atoms with van der Waals surface area (Å²) in [4.78, 5) is 7.45. The molecule has 0 N–H and O–H groups in total. The van der Waals surface area contributed by atoms with E-state index in [1.165, 1.54) is 12.6 Å². The van der Waals surface area contributed by atoms with Crippen LogP contribution in [0.1, 0.15) is 0 Å². The van der Waals surface area contributed by atoms with Crippen LogP contribution in [0.15, 0.2) is 9.98 Å². The Bertz CT molecular complexity index is 157. The van der Waals surface area contributed by atoms with Crippen LogP contribution in [-0.2, 0) is 0 Å². The van der Waals surface area contributed by atoms with Gasteiger partial charge >= 0.3 is 0 Å². The van der Waals surface area contributed by atoms with Gasteiger partial charge in [-0.15, -0.1) is 0 Å². The van der Waals surface area contributed by atoms with Crippen molar-refractivity contribution in [1.82, 2.24) is 0 Å². The van der Waals surface area contributed by atoms with Crippen LogP contribution in [0.4, 0.5) is 0 Å². The number of hydrogen-bond acceptors (Lipinski definition) is 2. The first-order valence-corrected chi connectivity index (χ1v) is 1.98. The van der Waals surface area contributed by atoms with Crippen molar-refractivity contribution in [2.24, 2.45) is 9.98 Å². The van der Waals surface area contributed by atoms with Crippen LogP contribution in [0.2, 0.25) is 0 Å². The molecule has 0 saturated heterocycles. The summed E-state index contributed by atoms with van der Waals surface area (Å²) in [6.45, 7) is 0.583. The van der Waals surface area contributed by atoms with Crippen LogP contribution in [0.3, 0.4) is 0 Å². The first kappa shape index (κ1) is 4.07. The van der Waals surface area contributed by atoms with Crippen molar-refractivity contribution in [2.75, 3.05) is 6.54 Å². The zero-order valence-corrected chi connectivity index (χ0v) is 3.76. The smallest absolute Gasteiger partial charge is 0.111 e. The van der Waals surface area contributed by atoms with E-state index in [9.17, 15) is 0 Å². The molecule has 0 radical (unpaired) electrons. The molecule has 0 aromatic rings. The fourth-order valence-corrected chi connectivity index (χ4v) is 0.295. The molecule has 0 fully saturated rings. The Hall–Kier alpha value is -1.10. The molecule has 1 aliphatic heterocycles. The van der Waals surface area contributed by atoms with Crippen LogP contribution >= 0.6 is 0 Å². The topological polar surface area (TPSA) is 24.7 Å². The monoisotopic (exact) mass is 92.0 g/mol. The highest BCUT2D eigenvalue weighted by molar-refractivity contribution is 5.85. The van der Waals surface area contributed by atoms with Gasteiger partial charge in [0.15, 0.2) is 0 Å². The second-order valence-corrected chi connectivity index (χ2v) is 1.06. The Morgan fingerprint density at radius 3 is 3.57 bits per heavy atom. The lowest BCUT2D eigenvalue weighted by molar-refractivity contribution is 1.30. The summed E-state index contributed by atoms with van der Waals surface area (Å²) in [6, 6.07) is 0. The highest BCUT2D eigenvalue weighted by atomic mass is 14.8. The molecular weight excluding hydrogens is 88.1 g/mol. The molecule has 1 aliphatic rings. The summed E-state index contributed by atoms with van der Waals surface area (Å²) in [7, 11) is 0. The van der Waals surface area contributed by atoms with E-state index in [-0.39, 0.29) is 0 Å². The van der Waals surface area contributed by atoms with Gasteiger partial charge in [-0.25, -0.2) is 4.99 Å². The van der Waals surface area contributed by atoms with Gasteiger partial charge in [0, 0.05) is 0 Å². The zero-order valence-electron chi connectivity index (χ0n) is 3.76. The van der Waals surface area contributed by atoms with Gasteiger partial charge in [-0.1, -0.05) is 11.8 Å². The van der Waals surface area contributed by atoms with Crippen LogP contribution in [0.5, 0.6) is 0 Å². The Labute approximate surface area is 42.0 Å². The maximum atomic E-state index is 3.77. The van der Waals surface area contributed by atoms with Crippen molar-refractivity contribution in [2.45, 2.75) is 0 Å². The minimum absolute atomic E-state index is 0.583. The predicted octanol–water partition coefficient (Wildman–Crippen LogP) is 0.103. The second-order valence-electron chi connectivity index (χ2n) is 1.06. The van der Waals surface area contributed by atoms with Crippen molar-refractivity contribution < 1.29 is 0 Å². The van der Waals surface area contributed by atoms with Crippen molar-refractivity contribution >= 4 is 12.6 Å². The van der Waals surface area contributed by atoms with Crippen molar-refractivity contribution in [1.29, 1.82) is 0 Å². The molecule has 0 amide bonds. The second kappa shape index (κ2) is 2.14. The van der Waals surface area contributed by atoms with Gasteiger partial charge < -0.3 is 0 Å². The van der Waals surface area contributed by atoms with Crippen molar-refractivity contribution in [3.05, 3.63) is 0 Å². The maximum absolute atomic E-state index is 3.77. The minimum Gasteiger partial charge on any atom is -0.261 e. The molecule has 7 heavy (non-hydrogen) atoms. The third kappa shape index (κ3) is 1.18. The summed E-state index contributed by atoms with van der Waals surface area (Å²) >= 11 is 0. The molecule has 0 unspecified atom stereocenters. The molecule has 1 rings (SSSR count). The third-order valence-electron chi connectivity index (χ3n) is 0.560. The van der Waals surface area contributed by atoms with Gasteiger partial charge in [-0.2, -0.15) is 0 Å². The molecule has 0 bridgehead atoms. The maximum Gasteiger partial charge on any atom is 0.111 e. The zero-order chi connectivity index (χ0) is 4.95. The largest absolute Gasteiger partial charge is 0.261 e. The lowest BCUT2D eigenvalue weighted by Crippen LogP contribution is -1.67. The fraction of sp³-hybridized carbons (Fsp3) is 0.200. The average Bonchev–Trinajstić information content (AvgIpc) is 1.90. The lowest BCUT2D eigenvalue weighted by atomic mass is 10.6. The van der Waals surface area contributed by atoms with E-state index in [2.05, 4.69) is 21.8 Å². The van der Waals surface area contributed by atoms with Gasteiger partial charge in [0.05, 0.1) is 6.21 Å². The van der Waals surface area contributed by atoms with Gasteiger partial charge in [0.1, 0.15) is 12.9 Å². The van der Waals surface area contributed by atoms with Gasteiger partial charge in [-0.05, 0) is 0 Å². The van der Waals surface area contributed by atoms with Crippen molar-refractivity contribution in [3.8, 4) is 11.8 Å². The van der Waals surface area contributed by atoms with Gasteiger partial charge in [0.25, 0.3) is 0 Å². The van der Waals surface area contributed by atoms with Crippen LogP contribution in [0, 0.1) is 11.8 Å². The van der Waals surface area contributed by atoms with Crippen LogP contribution in [0.25, 0.3) is 0 Å². The molecule has 0 spiro atoms. The van der Waals surface area contributed by atoms with E-state index < -0.39 is 0 Å². The predicted molar refractivity (Wildman–Crippen MR) is 29.6 cm³/mol. The molecule has 0 aromatic heterocycles. The Morgan fingerprint density at radius 2 is 2.57 bits per heavy atom. The summed E-state index contributed by atoms with van der Waals surface area (Å²) < 4.78 is 0. The summed E-state index contributed by atoms with van der Waals surface area (Å²) in [5.74, 6) is 5.43. The molecule has 2 heteroatoms. The number of nitrogens with zero attached hydrogens (tertiary/aromatic N) is 2. The molecule has 34 valence electrons. The lowest BCUT2D eigenvalue weighted by Gasteiger charge is -1.67. The first-order chi connectivity index (χ1) is 3.50. The number of rotatable bonds is 0. The summed E-state index contributed by atoms with van der Waals surface area (Å²) in [5.41, 5.74) is 0. The highest BCUT2D eigenvalue weighted by Crippen LogP contribution is 1.68. The molecule has 0 atom stereocenters. The van der Waals surface area contributed by atoms with Gasteiger partial charge in [0.2, 0.25) is 0 Å². The quantitative estimate of drug-likeness (QED) is 0.379. The molecule has 0 aromatic carbocycles.